The van der Waals surface area contributed by atoms with Crippen molar-refractivity contribution in [2.24, 2.45) is 0 Å². The first-order chi connectivity index (χ1) is 12.6. The number of para-hydroxylation sites is 1. The fourth-order valence-corrected chi connectivity index (χ4v) is 3.94. The molecule has 0 unspecified atom stereocenters. The van der Waals surface area contributed by atoms with Crippen molar-refractivity contribution in [2.75, 3.05) is 20.1 Å². The average Bonchev–Trinajstić information content (AvgIpc) is 3.11. The molecular weight excluding hydrogens is 342 g/mol. The second kappa shape index (κ2) is 8.43. The lowest BCUT2D eigenvalue weighted by molar-refractivity contribution is -0.133. The molecule has 1 heterocycles. The highest BCUT2D eigenvalue weighted by Crippen LogP contribution is 2.28. The average molecular weight is 368 g/mol. The Morgan fingerprint density at radius 1 is 1.12 bits per heavy atom. The number of aromatic nitrogens is 1. The van der Waals surface area contributed by atoms with E-state index in [0.29, 0.717) is 6.54 Å². The van der Waals surface area contributed by atoms with E-state index in [-0.39, 0.29) is 11.9 Å². The zero-order chi connectivity index (χ0) is 18.5. The molecule has 1 amide bonds. The Labute approximate surface area is 159 Å². The summed E-state index contributed by atoms with van der Waals surface area (Å²) in [5, 5.41) is 0.980. The molecule has 0 saturated carbocycles. The summed E-state index contributed by atoms with van der Waals surface area (Å²) < 4.78 is 1.16. The molecule has 5 heteroatoms. The maximum absolute atomic E-state index is 12.8. The Morgan fingerprint density at radius 3 is 2.50 bits per heavy atom. The summed E-state index contributed by atoms with van der Waals surface area (Å²) in [6.07, 6.45) is 0. The van der Waals surface area contributed by atoms with Crippen LogP contribution < -0.4 is 0 Å². The molecule has 0 aliphatic carbocycles. The first kappa shape index (κ1) is 18.5. The Morgan fingerprint density at radius 2 is 1.81 bits per heavy atom. The van der Waals surface area contributed by atoms with E-state index in [2.05, 4.69) is 30.0 Å². The van der Waals surface area contributed by atoms with E-state index in [9.17, 15) is 4.79 Å². The number of benzene rings is 2. The standard InChI is InChI=1S/C21H25N3OS/c1-4-24(14-17-10-6-5-7-11-17)15-20(25)23(3)16(2)21-22-18-12-8-9-13-19(18)26-21/h5-13,16H,4,14-15H2,1-3H3/t16-/m0/s1. The largest absolute Gasteiger partial charge is 0.335 e. The summed E-state index contributed by atoms with van der Waals surface area (Å²) in [4.78, 5) is 21.5. The maximum atomic E-state index is 12.8. The van der Waals surface area contributed by atoms with Crippen molar-refractivity contribution < 1.29 is 4.79 Å². The van der Waals surface area contributed by atoms with Gasteiger partial charge in [-0.3, -0.25) is 9.69 Å². The topological polar surface area (TPSA) is 36.4 Å². The summed E-state index contributed by atoms with van der Waals surface area (Å²) in [6.45, 7) is 6.17. The molecule has 0 aliphatic rings. The number of rotatable bonds is 7. The predicted octanol–water partition coefficient (Wildman–Crippen LogP) is 4.34. The molecule has 0 N–H and O–H groups in total. The quantitative estimate of drug-likeness (QED) is 0.623. The number of hydrogen-bond acceptors (Lipinski definition) is 4. The fourth-order valence-electron chi connectivity index (χ4n) is 2.87. The minimum Gasteiger partial charge on any atom is -0.335 e. The predicted molar refractivity (Wildman–Crippen MR) is 108 cm³/mol. The van der Waals surface area contributed by atoms with Crippen LogP contribution in [0.1, 0.15) is 30.5 Å². The van der Waals surface area contributed by atoms with Crippen molar-refractivity contribution >= 4 is 27.5 Å². The van der Waals surface area contributed by atoms with Gasteiger partial charge in [-0.15, -0.1) is 11.3 Å². The van der Waals surface area contributed by atoms with E-state index in [1.54, 1.807) is 11.3 Å². The lowest BCUT2D eigenvalue weighted by atomic mass is 10.2. The van der Waals surface area contributed by atoms with Gasteiger partial charge in [0.25, 0.3) is 0 Å². The minimum atomic E-state index is -0.0321. The smallest absolute Gasteiger partial charge is 0.237 e. The summed E-state index contributed by atoms with van der Waals surface area (Å²) in [5.41, 5.74) is 2.23. The van der Waals surface area contributed by atoms with Gasteiger partial charge in [0.1, 0.15) is 5.01 Å². The highest BCUT2D eigenvalue weighted by molar-refractivity contribution is 7.18. The van der Waals surface area contributed by atoms with Gasteiger partial charge < -0.3 is 4.90 Å². The molecule has 0 spiro atoms. The van der Waals surface area contributed by atoms with Gasteiger partial charge in [-0.25, -0.2) is 4.98 Å². The number of amides is 1. The molecule has 3 rings (SSSR count). The van der Waals surface area contributed by atoms with Gasteiger partial charge in [-0.05, 0) is 31.2 Å². The van der Waals surface area contributed by atoms with E-state index in [1.165, 1.54) is 5.56 Å². The maximum Gasteiger partial charge on any atom is 0.237 e. The molecular formula is C21H25N3OS. The van der Waals surface area contributed by atoms with Crippen molar-refractivity contribution in [1.29, 1.82) is 0 Å². The van der Waals surface area contributed by atoms with Gasteiger partial charge in [0.2, 0.25) is 5.91 Å². The number of thiazole rings is 1. The number of carbonyl (C=O) groups is 1. The first-order valence-corrected chi connectivity index (χ1v) is 9.77. The second-order valence-corrected chi connectivity index (χ2v) is 7.55. The van der Waals surface area contributed by atoms with Crippen LogP contribution in [-0.4, -0.2) is 40.8 Å². The third-order valence-corrected chi connectivity index (χ3v) is 5.90. The normalized spacial score (nSPS) is 12.5. The van der Waals surface area contributed by atoms with Crippen molar-refractivity contribution in [2.45, 2.75) is 26.4 Å². The zero-order valence-electron chi connectivity index (χ0n) is 15.6. The van der Waals surface area contributed by atoms with Crippen LogP contribution in [0, 0.1) is 0 Å². The van der Waals surface area contributed by atoms with E-state index in [1.807, 2.05) is 55.3 Å². The summed E-state index contributed by atoms with van der Waals surface area (Å²) >= 11 is 1.66. The van der Waals surface area contributed by atoms with Gasteiger partial charge in [0.15, 0.2) is 0 Å². The Balaban J connectivity index is 1.65. The van der Waals surface area contributed by atoms with Gasteiger partial charge in [0.05, 0.1) is 22.8 Å². The van der Waals surface area contributed by atoms with Crippen molar-refractivity contribution in [3.8, 4) is 0 Å². The molecule has 0 bridgehead atoms. The van der Waals surface area contributed by atoms with Gasteiger partial charge in [0, 0.05) is 13.6 Å². The van der Waals surface area contributed by atoms with Crippen LogP contribution in [0.5, 0.6) is 0 Å². The van der Waals surface area contributed by atoms with Crippen LogP contribution >= 0.6 is 11.3 Å². The molecule has 0 saturated heterocycles. The summed E-state index contributed by atoms with van der Waals surface area (Å²) in [6, 6.07) is 18.3. The van der Waals surface area contributed by atoms with Crippen LogP contribution in [0.4, 0.5) is 0 Å². The van der Waals surface area contributed by atoms with E-state index in [4.69, 9.17) is 4.98 Å². The van der Waals surface area contributed by atoms with E-state index >= 15 is 0 Å². The highest BCUT2D eigenvalue weighted by atomic mass is 32.1. The number of fused-ring (bicyclic) bond motifs is 1. The molecule has 0 aliphatic heterocycles. The van der Waals surface area contributed by atoms with Crippen LogP contribution in [-0.2, 0) is 11.3 Å². The summed E-state index contributed by atoms with van der Waals surface area (Å²) in [5.74, 6) is 0.120. The lowest BCUT2D eigenvalue weighted by Crippen LogP contribution is -2.39. The molecule has 1 aromatic heterocycles. The Kier molecular flexibility index (Phi) is 6.01. The summed E-state index contributed by atoms with van der Waals surface area (Å²) in [7, 11) is 1.87. The van der Waals surface area contributed by atoms with Crippen LogP contribution in [0.2, 0.25) is 0 Å². The van der Waals surface area contributed by atoms with Crippen molar-refractivity contribution in [3.63, 3.8) is 0 Å². The zero-order valence-corrected chi connectivity index (χ0v) is 16.4. The molecule has 3 aromatic rings. The first-order valence-electron chi connectivity index (χ1n) is 8.96. The Bertz CT molecular complexity index is 829. The number of likely N-dealkylation sites (N-methyl/N-ethyl adjacent to an activating group) is 2. The van der Waals surface area contributed by atoms with Gasteiger partial charge in [-0.1, -0.05) is 49.4 Å². The van der Waals surface area contributed by atoms with Crippen LogP contribution in [0.25, 0.3) is 10.2 Å². The van der Waals surface area contributed by atoms with Crippen molar-refractivity contribution in [3.05, 3.63) is 65.2 Å². The van der Waals surface area contributed by atoms with Crippen molar-refractivity contribution in [1.82, 2.24) is 14.8 Å². The van der Waals surface area contributed by atoms with E-state index < -0.39 is 0 Å². The Hall–Kier alpha value is -2.24. The second-order valence-electron chi connectivity index (χ2n) is 6.49. The molecule has 0 radical (unpaired) electrons. The van der Waals surface area contributed by atoms with Crippen LogP contribution in [0.3, 0.4) is 0 Å². The third-order valence-electron chi connectivity index (χ3n) is 4.70. The third kappa shape index (κ3) is 4.29. The van der Waals surface area contributed by atoms with E-state index in [0.717, 1.165) is 28.3 Å². The lowest BCUT2D eigenvalue weighted by Gasteiger charge is -2.27. The molecule has 0 fully saturated rings. The minimum absolute atomic E-state index is 0.0321. The number of hydrogen-bond donors (Lipinski definition) is 0. The fraction of sp³-hybridized carbons (Fsp3) is 0.333. The molecule has 26 heavy (non-hydrogen) atoms. The number of nitrogens with zero attached hydrogens (tertiary/aromatic N) is 3. The van der Waals surface area contributed by atoms with Gasteiger partial charge in [-0.2, -0.15) is 0 Å². The molecule has 2 aromatic carbocycles. The highest BCUT2D eigenvalue weighted by Gasteiger charge is 2.22. The monoisotopic (exact) mass is 367 g/mol. The molecule has 4 nitrogen and oxygen atoms in total. The molecule has 1 atom stereocenters. The number of carbonyl (C=O) groups excluding carboxylic acids is 1. The molecule has 136 valence electrons. The van der Waals surface area contributed by atoms with Gasteiger partial charge >= 0.3 is 0 Å². The van der Waals surface area contributed by atoms with Crippen LogP contribution in [0.15, 0.2) is 54.6 Å². The SMILES string of the molecule is CCN(CC(=O)N(C)[C@@H](C)c1nc2ccccc2s1)Cc1ccccc1.